The highest BCUT2D eigenvalue weighted by molar-refractivity contribution is 6.34. The Kier molecular flexibility index (Phi) is 8.75. The summed E-state index contributed by atoms with van der Waals surface area (Å²) in [5, 5.41) is 20.4. The van der Waals surface area contributed by atoms with E-state index in [0.29, 0.717) is 43.2 Å². The Bertz CT molecular complexity index is 1220. The molecule has 8 nitrogen and oxygen atoms in total. The molecule has 3 aromatic rings. The van der Waals surface area contributed by atoms with Crippen LogP contribution in [-0.2, 0) is 11.2 Å². The number of carbonyl (C=O) groups excluding carboxylic acids is 1. The van der Waals surface area contributed by atoms with Crippen LogP contribution in [0.4, 0.5) is 19.4 Å². The van der Waals surface area contributed by atoms with Crippen LogP contribution in [-0.4, -0.2) is 71.3 Å². The third kappa shape index (κ3) is 6.45. The van der Waals surface area contributed by atoms with Crippen LogP contribution in [0, 0.1) is 11.6 Å². The molecule has 3 atom stereocenters. The van der Waals surface area contributed by atoms with E-state index < -0.39 is 23.8 Å². The fraction of sp³-hybridized carbons (Fsp3) is 0.385. The molecule has 198 valence electrons. The van der Waals surface area contributed by atoms with E-state index in [1.165, 1.54) is 10.7 Å². The number of nitrogens with one attached hydrogen (secondary N) is 2. The van der Waals surface area contributed by atoms with Crippen molar-refractivity contribution in [3.8, 4) is 5.69 Å². The quantitative estimate of drug-likeness (QED) is 0.387. The molecule has 2 heterocycles. The molecule has 1 aliphatic rings. The molecule has 0 saturated carbocycles. The summed E-state index contributed by atoms with van der Waals surface area (Å²) in [4.78, 5) is 15.3. The van der Waals surface area contributed by atoms with Crippen LogP contribution in [0.15, 0.2) is 48.5 Å². The molecular weight excluding hydrogens is 504 g/mol. The number of amides is 2. The molecule has 0 aliphatic carbocycles. The number of para-hydroxylation sites is 1. The number of likely N-dealkylation sites (tertiary alicyclic amines) is 1. The van der Waals surface area contributed by atoms with Crippen LogP contribution >= 0.6 is 11.6 Å². The number of halogens is 3. The maximum atomic E-state index is 14.0. The molecule has 3 unspecified atom stereocenters. The van der Waals surface area contributed by atoms with Crippen molar-refractivity contribution in [1.29, 1.82) is 0 Å². The third-order valence-corrected chi connectivity index (χ3v) is 6.71. The van der Waals surface area contributed by atoms with Gasteiger partial charge in [0.15, 0.2) is 17.5 Å². The minimum absolute atomic E-state index is 0.213. The molecule has 1 aliphatic heterocycles. The van der Waals surface area contributed by atoms with Crippen molar-refractivity contribution in [3.05, 3.63) is 76.4 Å². The third-order valence-electron chi connectivity index (χ3n) is 6.31. The highest BCUT2D eigenvalue weighted by Gasteiger charge is 2.35. The molecule has 2 amide bonds. The number of hydrogen-bond donors (Lipinski definition) is 3. The first kappa shape index (κ1) is 27.0. The first-order valence-corrected chi connectivity index (χ1v) is 12.4. The van der Waals surface area contributed by atoms with Gasteiger partial charge in [0.05, 0.1) is 30.1 Å². The van der Waals surface area contributed by atoms with Gasteiger partial charge in [-0.2, -0.15) is 5.10 Å². The van der Waals surface area contributed by atoms with Crippen molar-refractivity contribution in [1.82, 2.24) is 20.0 Å². The van der Waals surface area contributed by atoms with E-state index in [1.807, 2.05) is 30.3 Å². The number of rotatable bonds is 9. The lowest BCUT2D eigenvalue weighted by molar-refractivity contribution is 0.159. The molecule has 0 radical (unpaired) electrons. The van der Waals surface area contributed by atoms with Gasteiger partial charge < -0.3 is 15.2 Å². The van der Waals surface area contributed by atoms with Crippen molar-refractivity contribution in [3.63, 3.8) is 0 Å². The standard InChI is InChI=1S/C26H30ClF2N5O3/c1-16(35)12-22-24(27)25(34(32-22)18-6-4-3-5-7-18)31-26(36)30-23-15-33(10-11-37-2)14-19(23)17-8-9-20(28)21(29)13-17/h3-9,13,16,19,23,35H,10-12,14-15H2,1-2H3,(H2,30,31,36). The average Bonchev–Trinajstić information content (AvgIpc) is 3.40. The van der Waals surface area contributed by atoms with Gasteiger partial charge in [-0.15, -0.1) is 0 Å². The molecule has 0 bridgehead atoms. The van der Waals surface area contributed by atoms with Crippen LogP contribution in [0.3, 0.4) is 0 Å². The molecule has 37 heavy (non-hydrogen) atoms. The van der Waals surface area contributed by atoms with E-state index in [4.69, 9.17) is 16.3 Å². The zero-order valence-electron chi connectivity index (χ0n) is 20.6. The molecule has 3 N–H and O–H groups in total. The van der Waals surface area contributed by atoms with Crippen LogP contribution in [0.1, 0.15) is 24.1 Å². The Balaban J connectivity index is 1.57. The van der Waals surface area contributed by atoms with Crippen LogP contribution in [0.5, 0.6) is 0 Å². The second-order valence-electron chi connectivity index (χ2n) is 9.15. The van der Waals surface area contributed by atoms with E-state index in [2.05, 4.69) is 20.6 Å². The Morgan fingerprint density at radius 2 is 1.97 bits per heavy atom. The van der Waals surface area contributed by atoms with E-state index >= 15 is 0 Å². The Labute approximate surface area is 219 Å². The number of carbonyl (C=O) groups is 1. The van der Waals surface area contributed by atoms with Crippen LogP contribution in [0.25, 0.3) is 5.69 Å². The minimum Gasteiger partial charge on any atom is -0.393 e. The molecule has 0 spiro atoms. The second kappa shape index (κ2) is 12.0. The predicted molar refractivity (Wildman–Crippen MR) is 137 cm³/mol. The number of ether oxygens (including phenoxy) is 1. The van der Waals surface area contributed by atoms with Crippen LogP contribution in [0.2, 0.25) is 5.02 Å². The lowest BCUT2D eigenvalue weighted by Crippen LogP contribution is -2.42. The normalized spacial score (nSPS) is 18.6. The molecular formula is C26H30ClF2N5O3. The smallest absolute Gasteiger partial charge is 0.320 e. The Morgan fingerprint density at radius 1 is 1.22 bits per heavy atom. The number of aliphatic hydroxyl groups is 1. The summed E-state index contributed by atoms with van der Waals surface area (Å²) < 4.78 is 34.3. The number of aliphatic hydroxyl groups excluding tert-OH is 1. The average molecular weight is 534 g/mol. The Morgan fingerprint density at radius 3 is 2.65 bits per heavy atom. The van der Waals surface area contributed by atoms with Crippen molar-refractivity contribution in [2.45, 2.75) is 31.4 Å². The summed E-state index contributed by atoms with van der Waals surface area (Å²) >= 11 is 6.59. The SMILES string of the molecule is COCCN1CC(NC(=O)Nc2c(Cl)c(CC(C)O)nn2-c2ccccc2)C(c2ccc(F)c(F)c2)C1. The fourth-order valence-corrected chi connectivity index (χ4v) is 4.79. The monoisotopic (exact) mass is 533 g/mol. The number of methoxy groups -OCH3 is 1. The summed E-state index contributed by atoms with van der Waals surface area (Å²) in [6.07, 6.45) is -0.462. The maximum absolute atomic E-state index is 14.0. The van der Waals surface area contributed by atoms with Crippen molar-refractivity contribution < 1.29 is 23.4 Å². The molecule has 1 saturated heterocycles. The number of anilines is 1. The predicted octanol–water partition coefficient (Wildman–Crippen LogP) is 3.96. The first-order chi connectivity index (χ1) is 17.8. The van der Waals surface area contributed by atoms with Gasteiger partial charge in [0, 0.05) is 39.1 Å². The highest BCUT2D eigenvalue weighted by Crippen LogP contribution is 2.31. The number of aromatic nitrogens is 2. The second-order valence-corrected chi connectivity index (χ2v) is 9.53. The summed E-state index contributed by atoms with van der Waals surface area (Å²) in [7, 11) is 1.61. The van der Waals surface area contributed by atoms with Crippen molar-refractivity contribution in [2.75, 3.05) is 38.7 Å². The summed E-state index contributed by atoms with van der Waals surface area (Å²) in [6, 6.07) is 12.1. The summed E-state index contributed by atoms with van der Waals surface area (Å²) in [6.45, 7) is 3.80. The van der Waals surface area contributed by atoms with E-state index in [-0.39, 0.29) is 29.2 Å². The number of benzene rings is 2. The zero-order valence-corrected chi connectivity index (χ0v) is 21.4. The van der Waals surface area contributed by atoms with Gasteiger partial charge in [0.25, 0.3) is 0 Å². The van der Waals surface area contributed by atoms with E-state index in [1.54, 1.807) is 20.1 Å². The summed E-state index contributed by atoms with van der Waals surface area (Å²) in [5.41, 5.74) is 1.72. The minimum atomic E-state index is -0.930. The lowest BCUT2D eigenvalue weighted by atomic mass is 9.94. The van der Waals surface area contributed by atoms with Gasteiger partial charge in [-0.3, -0.25) is 10.2 Å². The molecule has 2 aromatic carbocycles. The first-order valence-electron chi connectivity index (χ1n) is 12.0. The number of nitrogens with zero attached hydrogens (tertiary/aromatic N) is 3. The largest absolute Gasteiger partial charge is 0.393 e. The van der Waals surface area contributed by atoms with E-state index in [0.717, 1.165) is 6.07 Å². The fourth-order valence-electron chi connectivity index (χ4n) is 4.55. The Hall–Kier alpha value is -3.05. The molecule has 1 aromatic heterocycles. The van der Waals surface area contributed by atoms with Gasteiger partial charge in [0.1, 0.15) is 5.02 Å². The zero-order chi connectivity index (χ0) is 26.5. The van der Waals surface area contributed by atoms with Crippen LogP contribution < -0.4 is 10.6 Å². The summed E-state index contributed by atoms with van der Waals surface area (Å²) in [5.74, 6) is -1.85. The highest BCUT2D eigenvalue weighted by atomic mass is 35.5. The van der Waals surface area contributed by atoms with Crippen molar-refractivity contribution in [2.24, 2.45) is 0 Å². The van der Waals surface area contributed by atoms with Gasteiger partial charge in [0.2, 0.25) is 0 Å². The molecule has 4 rings (SSSR count). The topological polar surface area (TPSA) is 91.7 Å². The van der Waals surface area contributed by atoms with Gasteiger partial charge in [-0.1, -0.05) is 35.9 Å². The van der Waals surface area contributed by atoms with Crippen molar-refractivity contribution >= 4 is 23.4 Å². The van der Waals surface area contributed by atoms with Gasteiger partial charge in [-0.25, -0.2) is 18.3 Å². The van der Waals surface area contributed by atoms with Gasteiger partial charge >= 0.3 is 6.03 Å². The maximum Gasteiger partial charge on any atom is 0.320 e. The van der Waals surface area contributed by atoms with E-state index in [9.17, 15) is 18.7 Å². The number of hydrogen-bond acceptors (Lipinski definition) is 5. The molecule has 1 fully saturated rings. The van der Waals surface area contributed by atoms with Gasteiger partial charge in [-0.05, 0) is 36.8 Å². The lowest BCUT2D eigenvalue weighted by Gasteiger charge is -2.21. The molecule has 11 heteroatoms. The number of urea groups is 1.